The fraction of sp³-hybridized carbons (Fsp3) is 0.423. The first-order valence-corrected chi connectivity index (χ1v) is 10.8. The molecule has 3 nitrogen and oxygen atoms in total. The van der Waals surface area contributed by atoms with Crippen molar-refractivity contribution >= 4 is 11.5 Å². The Morgan fingerprint density at radius 2 is 1.66 bits per heavy atom. The summed E-state index contributed by atoms with van der Waals surface area (Å²) in [6.45, 7) is 1.39. The summed E-state index contributed by atoms with van der Waals surface area (Å²) in [7, 11) is 0. The van der Waals surface area contributed by atoms with Gasteiger partial charge in [-0.3, -0.25) is 4.79 Å². The van der Waals surface area contributed by atoms with Crippen LogP contribution < -0.4 is 0 Å². The number of aliphatic hydroxyl groups is 1. The number of allylic oxidation sites excluding steroid dienone is 2. The van der Waals surface area contributed by atoms with Crippen LogP contribution >= 0.6 is 0 Å². The largest absolute Gasteiger partial charge is 0.459 e. The van der Waals surface area contributed by atoms with Crippen LogP contribution in [0.15, 0.2) is 66.7 Å². The molecule has 0 amide bonds. The Labute approximate surface area is 174 Å². The van der Waals surface area contributed by atoms with Crippen molar-refractivity contribution in [3.63, 3.8) is 0 Å². The van der Waals surface area contributed by atoms with Crippen LogP contribution in [-0.4, -0.2) is 17.2 Å². The Morgan fingerprint density at radius 1 is 0.966 bits per heavy atom. The molecule has 1 N–H and O–H groups in total. The second-order valence-electron chi connectivity index (χ2n) is 7.98. The van der Waals surface area contributed by atoms with Crippen LogP contribution in [0.4, 0.5) is 0 Å². The molecule has 0 radical (unpaired) electrons. The smallest absolute Gasteiger partial charge is 0.303 e. The van der Waals surface area contributed by atoms with Crippen LogP contribution in [0.2, 0.25) is 0 Å². The zero-order valence-electron chi connectivity index (χ0n) is 17.3. The predicted molar refractivity (Wildman–Crippen MR) is 117 cm³/mol. The molecule has 0 aliphatic heterocycles. The third-order valence-electron chi connectivity index (χ3n) is 5.82. The topological polar surface area (TPSA) is 46.5 Å². The zero-order chi connectivity index (χ0) is 20.5. The summed E-state index contributed by atoms with van der Waals surface area (Å²) in [5.41, 5.74) is 2.77. The van der Waals surface area contributed by atoms with E-state index in [1.807, 2.05) is 30.3 Å². The van der Waals surface area contributed by atoms with Gasteiger partial charge >= 0.3 is 5.97 Å². The third-order valence-corrected chi connectivity index (χ3v) is 5.82. The molecule has 3 heteroatoms. The highest BCUT2D eigenvalue weighted by atomic mass is 16.6. The zero-order valence-corrected chi connectivity index (χ0v) is 17.3. The Morgan fingerprint density at radius 3 is 2.28 bits per heavy atom. The molecule has 2 atom stereocenters. The van der Waals surface area contributed by atoms with Gasteiger partial charge in [0, 0.05) is 6.92 Å². The van der Waals surface area contributed by atoms with Crippen LogP contribution in [0, 0.1) is 0 Å². The molecule has 1 saturated carbocycles. The first kappa shape index (κ1) is 21.3. The van der Waals surface area contributed by atoms with E-state index in [1.54, 1.807) is 5.57 Å². The van der Waals surface area contributed by atoms with Gasteiger partial charge < -0.3 is 9.84 Å². The van der Waals surface area contributed by atoms with Crippen LogP contribution in [0.5, 0.6) is 0 Å². The number of hydrogen-bond donors (Lipinski definition) is 1. The molecule has 29 heavy (non-hydrogen) atoms. The number of carbonyl (C=O) groups is 1. The Balaban J connectivity index is 0.000000176. The predicted octanol–water partition coefficient (Wildman–Crippen LogP) is 6.02. The van der Waals surface area contributed by atoms with Gasteiger partial charge in [-0.05, 0) is 68.1 Å². The van der Waals surface area contributed by atoms with Gasteiger partial charge in [0.05, 0.1) is 0 Å². The van der Waals surface area contributed by atoms with Crippen molar-refractivity contribution < 1.29 is 14.6 Å². The highest BCUT2D eigenvalue weighted by Gasteiger charge is 2.42. The number of carbonyl (C=O) groups excluding carboxylic acids is 1. The van der Waals surface area contributed by atoms with E-state index in [9.17, 15) is 9.90 Å². The summed E-state index contributed by atoms with van der Waals surface area (Å²) >= 11 is 0. The van der Waals surface area contributed by atoms with E-state index in [1.165, 1.54) is 38.2 Å². The quantitative estimate of drug-likeness (QED) is 0.649. The lowest BCUT2D eigenvalue weighted by Crippen LogP contribution is -2.44. The minimum absolute atomic E-state index is 0.328. The molecule has 4 rings (SSSR count). The number of benzene rings is 2. The van der Waals surface area contributed by atoms with Crippen molar-refractivity contribution in [3.05, 3.63) is 77.9 Å². The maximum atomic E-state index is 11.1. The second-order valence-corrected chi connectivity index (χ2v) is 7.98. The SMILES string of the molecule is C1=C(c2ccccc2)CCCC1.CC(=O)OC1CCCCC1(O)c1ccccc1. The van der Waals surface area contributed by atoms with E-state index >= 15 is 0 Å². The van der Waals surface area contributed by atoms with Gasteiger partial charge in [-0.1, -0.05) is 66.7 Å². The van der Waals surface area contributed by atoms with E-state index in [2.05, 4.69) is 36.4 Å². The monoisotopic (exact) mass is 392 g/mol. The number of rotatable bonds is 3. The lowest BCUT2D eigenvalue weighted by atomic mass is 9.77. The summed E-state index contributed by atoms with van der Waals surface area (Å²) in [6.07, 6.45) is 10.6. The fourth-order valence-corrected chi connectivity index (χ4v) is 4.29. The molecule has 1 fully saturated rings. The minimum atomic E-state index is -1.02. The van der Waals surface area contributed by atoms with E-state index in [0.29, 0.717) is 6.42 Å². The lowest BCUT2D eigenvalue weighted by Gasteiger charge is -2.39. The Hall–Kier alpha value is -2.39. The molecule has 0 bridgehead atoms. The number of ether oxygens (including phenoxy) is 1. The Kier molecular flexibility index (Phi) is 7.65. The van der Waals surface area contributed by atoms with E-state index in [0.717, 1.165) is 24.8 Å². The molecule has 2 aromatic rings. The fourth-order valence-electron chi connectivity index (χ4n) is 4.29. The van der Waals surface area contributed by atoms with Gasteiger partial charge in [-0.15, -0.1) is 0 Å². The van der Waals surface area contributed by atoms with Crippen molar-refractivity contribution in [2.24, 2.45) is 0 Å². The number of esters is 1. The molecular weight excluding hydrogens is 360 g/mol. The maximum absolute atomic E-state index is 11.1. The first-order valence-electron chi connectivity index (χ1n) is 10.8. The second kappa shape index (κ2) is 10.4. The van der Waals surface area contributed by atoms with E-state index in [4.69, 9.17) is 4.74 Å². The molecule has 2 aliphatic carbocycles. The highest BCUT2D eigenvalue weighted by molar-refractivity contribution is 5.66. The molecule has 0 spiro atoms. The molecular formula is C26H32O3. The van der Waals surface area contributed by atoms with Crippen molar-refractivity contribution in [1.29, 1.82) is 0 Å². The van der Waals surface area contributed by atoms with Crippen molar-refractivity contribution in [1.82, 2.24) is 0 Å². The average Bonchev–Trinajstić information content (AvgIpc) is 2.77. The molecule has 2 aliphatic rings. The van der Waals surface area contributed by atoms with Crippen LogP contribution in [0.1, 0.15) is 69.4 Å². The van der Waals surface area contributed by atoms with E-state index < -0.39 is 11.7 Å². The maximum Gasteiger partial charge on any atom is 0.303 e. The minimum Gasteiger partial charge on any atom is -0.459 e. The summed E-state index contributed by atoms with van der Waals surface area (Å²) in [6, 6.07) is 20.2. The lowest BCUT2D eigenvalue weighted by molar-refractivity contribution is -0.171. The molecule has 0 saturated heterocycles. The number of hydrogen-bond acceptors (Lipinski definition) is 3. The molecule has 2 unspecified atom stereocenters. The standard InChI is InChI=1S/C14H18O3.C12H14/c1-11(15)17-13-9-5-6-10-14(13,16)12-7-3-2-4-8-12;1-3-7-11(8-4-1)12-9-5-2-6-10-12/h2-4,7-8,13,16H,5-6,9-10H2,1H3;1,3-4,7-9H,2,5-6,10H2. The first-order chi connectivity index (χ1) is 14.1. The van der Waals surface area contributed by atoms with Crippen molar-refractivity contribution in [2.75, 3.05) is 0 Å². The van der Waals surface area contributed by atoms with Crippen LogP contribution in [-0.2, 0) is 15.1 Å². The van der Waals surface area contributed by atoms with Crippen molar-refractivity contribution in [3.8, 4) is 0 Å². The highest BCUT2D eigenvalue weighted by Crippen LogP contribution is 2.39. The van der Waals surface area contributed by atoms with Crippen LogP contribution in [0.25, 0.3) is 5.57 Å². The summed E-state index contributed by atoms with van der Waals surface area (Å²) < 4.78 is 5.27. The summed E-state index contributed by atoms with van der Waals surface area (Å²) in [5.74, 6) is -0.328. The van der Waals surface area contributed by atoms with Gasteiger partial charge in [0.25, 0.3) is 0 Å². The van der Waals surface area contributed by atoms with Gasteiger partial charge in [0.1, 0.15) is 11.7 Å². The van der Waals surface area contributed by atoms with Gasteiger partial charge in [0.15, 0.2) is 0 Å². The third kappa shape index (κ3) is 5.80. The molecule has 0 heterocycles. The summed E-state index contributed by atoms with van der Waals surface area (Å²) in [4.78, 5) is 11.1. The Bertz CT molecular complexity index is 797. The normalized spacial score (nSPS) is 23.9. The molecule has 154 valence electrons. The van der Waals surface area contributed by atoms with Gasteiger partial charge in [0.2, 0.25) is 0 Å². The molecule has 2 aromatic carbocycles. The molecule has 0 aromatic heterocycles. The van der Waals surface area contributed by atoms with Gasteiger partial charge in [-0.25, -0.2) is 0 Å². The summed E-state index contributed by atoms with van der Waals surface area (Å²) in [5, 5.41) is 10.8. The average molecular weight is 393 g/mol. The van der Waals surface area contributed by atoms with Crippen molar-refractivity contribution in [2.45, 2.75) is 70.0 Å². The van der Waals surface area contributed by atoms with E-state index in [-0.39, 0.29) is 5.97 Å². The van der Waals surface area contributed by atoms with Crippen LogP contribution in [0.3, 0.4) is 0 Å². The van der Waals surface area contributed by atoms with Gasteiger partial charge in [-0.2, -0.15) is 0 Å².